The van der Waals surface area contributed by atoms with Gasteiger partial charge in [0.2, 0.25) is 0 Å². The van der Waals surface area contributed by atoms with Gasteiger partial charge in [0.05, 0.1) is 24.8 Å². The van der Waals surface area contributed by atoms with Crippen molar-refractivity contribution in [3.8, 4) is 11.5 Å². The largest absolute Gasteiger partial charge is 0.493 e. The van der Waals surface area contributed by atoms with Gasteiger partial charge in [-0.1, -0.05) is 0 Å². The highest BCUT2D eigenvalue weighted by molar-refractivity contribution is 14.1. The fourth-order valence-corrected chi connectivity index (χ4v) is 3.75. The smallest absolute Gasteiger partial charge is 0.252 e. The molecule has 0 radical (unpaired) electrons. The molecule has 0 aliphatic heterocycles. The maximum Gasteiger partial charge on any atom is 0.252 e. The maximum atomic E-state index is 12.3. The molecule has 2 rings (SSSR count). The van der Waals surface area contributed by atoms with Crippen LogP contribution in [0, 0.1) is 10.5 Å². The molecule has 1 amide bonds. The predicted molar refractivity (Wildman–Crippen MR) is 104 cm³/mol. The molecule has 1 N–H and O–H groups in total. The Labute approximate surface area is 159 Å². The second-order valence-corrected chi connectivity index (χ2v) is 7.39. The van der Waals surface area contributed by atoms with Crippen molar-refractivity contribution in [2.45, 2.75) is 26.2 Å². The van der Waals surface area contributed by atoms with Crippen LogP contribution in [0.2, 0.25) is 0 Å². The maximum absolute atomic E-state index is 12.3. The van der Waals surface area contributed by atoms with Crippen molar-refractivity contribution in [3.63, 3.8) is 0 Å². The van der Waals surface area contributed by atoms with E-state index < -0.39 is 0 Å². The average molecular weight is 460 g/mol. The number of carbonyl (C=O) groups excluding carboxylic acids is 1. The van der Waals surface area contributed by atoms with Crippen LogP contribution in [0.15, 0.2) is 17.5 Å². The number of unbranched alkanes of at least 4 members (excludes halogenated alkanes) is 1. The molecule has 0 spiro atoms. The minimum atomic E-state index is -0.0922. The van der Waals surface area contributed by atoms with E-state index in [4.69, 9.17) is 9.47 Å². The van der Waals surface area contributed by atoms with Gasteiger partial charge in [0, 0.05) is 21.2 Å². The minimum Gasteiger partial charge on any atom is -0.493 e. The van der Waals surface area contributed by atoms with Gasteiger partial charge in [-0.3, -0.25) is 4.79 Å². The van der Waals surface area contributed by atoms with Gasteiger partial charge < -0.3 is 14.8 Å². The summed E-state index contributed by atoms with van der Waals surface area (Å²) in [6, 6.07) is 3.52. The van der Waals surface area contributed by atoms with Gasteiger partial charge in [0.15, 0.2) is 11.5 Å². The molecule has 0 saturated carbocycles. The van der Waals surface area contributed by atoms with Crippen molar-refractivity contribution in [1.29, 1.82) is 0 Å². The van der Waals surface area contributed by atoms with E-state index in [0.29, 0.717) is 23.6 Å². The van der Waals surface area contributed by atoms with Crippen LogP contribution < -0.4 is 14.8 Å². The Hall–Kier alpha value is -1.35. The Morgan fingerprint density at radius 3 is 2.58 bits per heavy atom. The molecule has 0 atom stereocenters. The summed E-state index contributed by atoms with van der Waals surface area (Å²) in [5, 5.41) is 6.19. The molecule has 7 heteroatoms. The number of ether oxygens (including phenoxy) is 2. The first-order chi connectivity index (χ1) is 11.5. The molecule has 5 nitrogen and oxygen atoms in total. The number of halogens is 1. The number of nitrogens with zero attached hydrogens (tertiary/aromatic N) is 1. The van der Waals surface area contributed by atoms with Gasteiger partial charge in [0.1, 0.15) is 0 Å². The number of methoxy groups -OCH3 is 2. The van der Waals surface area contributed by atoms with Crippen LogP contribution in [0.1, 0.15) is 33.9 Å². The number of rotatable bonds is 8. The monoisotopic (exact) mass is 460 g/mol. The van der Waals surface area contributed by atoms with Crippen LogP contribution in [0.3, 0.4) is 0 Å². The molecule has 130 valence electrons. The number of amides is 1. The molecule has 0 bridgehead atoms. The third-order valence-corrected chi connectivity index (χ3v) is 5.41. The van der Waals surface area contributed by atoms with E-state index >= 15 is 0 Å². The molecule has 0 fully saturated rings. The fourth-order valence-electron chi connectivity index (χ4n) is 2.24. The highest BCUT2D eigenvalue weighted by atomic mass is 127. The number of carbonyl (C=O) groups is 1. The molecule has 0 unspecified atom stereocenters. The Morgan fingerprint density at radius 1 is 1.25 bits per heavy atom. The lowest BCUT2D eigenvalue weighted by Crippen LogP contribution is -2.25. The SMILES string of the molecule is COc1cc(I)c(C(=O)NCCCCc2nc(C)cs2)cc1OC. The zero-order valence-electron chi connectivity index (χ0n) is 14.0. The molecule has 1 aromatic heterocycles. The zero-order valence-corrected chi connectivity index (χ0v) is 17.0. The van der Waals surface area contributed by atoms with E-state index in [2.05, 4.69) is 38.3 Å². The first kappa shape index (κ1) is 19.0. The van der Waals surface area contributed by atoms with Crippen LogP contribution in [-0.2, 0) is 6.42 Å². The molecular formula is C17H21IN2O3S. The van der Waals surface area contributed by atoms with E-state index in [1.54, 1.807) is 37.7 Å². The summed E-state index contributed by atoms with van der Waals surface area (Å²) in [6.45, 7) is 2.65. The van der Waals surface area contributed by atoms with Crippen molar-refractivity contribution < 1.29 is 14.3 Å². The Kier molecular flexibility index (Phi) is 7.29. The van der Waals surface area contributed by atoms with Gasteiger partial charge in [-0.25, -0.2) is 4.98 Å². The third kappa shape index (κ3) is 5.07. The van der Waals surface area contributed by atoms with Crippen molar-refractivity contribution in [2.24, 2.45) is 0 Å². The molecular weight excluding hydrogens is 439 g/mol. The number of benzene rings is 1. The van der Waals surface area contributed by atoms with Crippen LogP contribution in [-0.4, -0.2) is 31.7 Å². The summed E-state index contributed by atoms with van der Waals surface area (Å²) in [6.07, 6.45) is 2.90. The predicted octanol–water partition coefficient (Wildman–Crippen LogP) is 3.83. The minimum absolute atomic E-state index is 0.0922. The molecule has 0 saturated heterocycles. The second kappa shape index (κ2) is 9.22. The van der Waals surface area contributed by atoms with E-state index in [-0.39, 0.29) is 5.91 Å². The summed E-state index contributed by atoms with van der Waals surface area (Å²) in [4.78, 5) is 16.8. The summed E-state index contributed by atoms with van der Waals surface area (Å²) in [5.74, 6) is 1.09. The van der Waals surface area contributed by atoms with Crippen molar-refractivity contribution in [2.75, 3.05) is 20.8 Å². The molecule has 0 aliphatic carbocycles. The van der Waals surface area contributed by atoms with Crippen LogP contribution >= 0.6 is 33.9 Å². The third-order valence-electron chi connectivity index (χ3n) is 3.49. The molecule has 2 aromatic rings. The van der Waals surface area contributed by atoms with Gasteiger partial charge in [0.25, 0.3) is 5.91 Å². The fraction of sp³-hybridized carbons (Fsp3) is 0.412. The number of aryl methyl sites for hydroxylation is 2. The van der Waals surface area contributed by atoms with Crippen LogP contribution in [0.5, 0.6) is 11.5 Å². The highest BCUT2D eigenvalue weighted by Gasteiger charge is 2.15. The normalized spacial score (nSPS) is 10.5. The Bertz CT molecular complexity index is 703. The number of aromatic nitrogens is 1. The zero-order chi connectivity index (χ0) is 17.5. The number of hydrogen-bond donors (Lipinski definition) is 1. The lowest BCUT2D eigenvalue weighted by Gasteiger charge is -2.12. The number of thiazole rings is 1. The molecule has 1 heterocycles. The Morgan fingerprint density at radius 2 is 1.96 bits per heavy atom. The summed E-state index contributed by atoms with van der Waals surface area (Å²) >= 11 is 3.83. The summed E-state index contributed by atoms with van der Waals surface area (Å²) in [7, 11) is 3.14. The number of hydrogen-bond acceptors (Lipinski definition) is 5. The summed E-state index contributed by atoms with van der Waals surface area (Å²) < 4.78 is 11.3. The van der Waals surface area contributed by atoms with Gasteiger partial charge >= 0.3 is 0 Å². The van der Waals surface area contributed by atoms with Crippen LogP contribution in [0.4, 0.5) is 0 Å². The van der Waals surface area contributed by atoms with Gasteiger partial charge in [-0.2, -0.15) is 0 Å². The van der Waals surface area contributed by atoms with E-state index in [0.717, 1.165) is 33.5 Å². The van der Waals surface area contributed by atoms with Gasteiger partial charge in [-0.05, 0) is 60.9 Å². The number of nitrogens with one attached hydrogen (secondary N) is 1. The van der Waals surface area contributed by atoms with E-state index in [1.807, 2.05) is 6.92 Å². The second-order valence-electron chi connectivity index (χ2n) is 5.28. The summed E-state index contributed by atoms with van der Waals surface area (Å²) in [5.41, 5.74) is 1.68. The van der Waals surface area contributed by atoms with Crippen molar-refractivity contribution >= 4 is 39.8 Å². The lowest BCUT2D eigenvalue weighted by molar-refractivity contribution is 0.0951. The van der Waals surface area contributed by atoms with E-state index in [1.165, 1.54) is 0 Å². The van der Waals surface area contributed by atoms with Crippen molar-refractivity contribution in [3.05, 3.63) is 37.3 Å². The lowest BCUT2D eigenvalue weighted by atomic mass is 10.1. The highest BCUT2D eigenvalue weighted by Crippen LogP contribution is 2.31. The standard InChI is InChI=1S/C17H21IN2O3S/c1-11-10-24-16(20-11)6-4-5-7-19-17(21)12-8-14(22-2)15(23-3)9-13(12)18/h8-10H,4-7H2,1-3H3,(H,19,21). The topological polar surface area (TPSA) is 60.5 Å². The Balaban J connectivity index is 1.84. The first-order valence-electron chi connectivity index (χ1n) is 7.66. The first-order valence-corrected chi connectivity index (χ1v) is 9.61. The quantitative estimate of drug-likeness (QED) is 0.481. The average Bonchev–Trinajstić information content (AvgIpc) is 2.99. The van der Waals surface area contributed by atoms with Crippen molar-refractivity contribution in [1.82, 2.24) is 10.3 Å². The molecule has 1 aromatic carbocycles. The van der Waals surface area contributed by atoms with Gasteiger partial charge in [-0.15, -0.1) is 11.3 Å². The molecule has 0 aliphatic rings. The van der Waals surface area contributed by atoms with E-state index in [9.17, 15) is 4.79 Å². The molecule has 24 heavy (non-hydrogen) atoms. The van der Waals surface area contributed by atoms with Crippen LogP contribution in [0.25, 0.3) is 0 Å².